The standard InChI is InChI=1S/C16H15N3O4/c1-10(12-8-15(23-18-12)16(21)22-2)7-14(20)11-9-17-19-6-4-3-5-13(11)19/h3-6,8-10H,7H2,1-2H3/t10-/m0/s1. The number of nitrogens with zero attached hydrogens (tertiary/aromatic N) is 3. The summed E-state index contributed by atoms with van der Waals surface area (Å²) >= 11 is 0. The topological polar surface area (TPSA) is 86.7 Å². The van der Waals surface area contributed by atoms with Gasteiger partial charge in [0, 0.05) is 24.6 Å². The molecule has 3 aromatic heterocycles. The first-order chi connectivity index (χ1) is 11.1. The van der Waals surface area contributed by atoms with E-state index in [-0.39, 0.29) is 23.9 Å². The molecule has 7 heteroatoms. The Balaban J connectivity index is 1.77. The van der Waals surface area contributed by atoms with E-state index in [9.17, 15) is 9.59 Å². The van der Waals surface area contributed by atoms with Crippen molar-refractivity contribution in [3.8, 4) is 0 Å². The van der Waals surface area contributed by atoms with Gasteiger partial charge in [0.2, 0.25) is 5.76 Å². The van der Waals surface area contributed by atoms with Crippen molar-refractivity contribution in [1.29, 1.82) is 0 Å². The van der Waals surface area contributed by atoms with Crippen LogP contribution in [0.2, 0.25) is 0 Å². The molecular formula is C16H15N3O4. The predicted octanol–water partition coefficient (Wildman–Crippen LogP) is 2.49. The van der Waals surface area contributed by atoms with Gasteiger partial charge in [-0.3, -0.25) is 4.79 Å². The number of hydrogen-bond acceptors (Lipinski definition) is 6. The van der Waals surface area contributed by atoms with Gasteiger partial charge in [-0.05, 0) is 12.1 Å². The molecule has 0 aliphatic heterocycles. The Morgan fingerprint density at radius 1 is 1.39 bits per heavy atom. The van der Waals surface area contributed by atoms with Gasteiger partial charge in [-0.25, -0.2) is 9.31 Å². The lowest BCUT2D eigenvalue weighted by atomic mass is 9.97. The third kappa shape index (κ3) is 2.85. The van der Waals surface area contributed by atoms with E-state index in [2.05, 4.69) is 15.0 Å². The van der Waals surface area contributed by atoms with Crippen molar-refractivity contribution in [1.82, 2.24) is 14.8 Å². The minimum atomic E-state index is -0.593. The molecule has 0 aliphatic carbocycles. The van der Waals surface area contributed by atoms with Crippen molar-refractivity contribution in [3.63, 3.8) is 0 Å². The van der Waals surface area contributed by atoms with Crippen LogP contribution >= 0.6 is 0 Å². The summed E-state index contributed by atoms with van der Waals surface area (Å²) in [5, 5.41) is 7.99. The third-order valence-corrected chi connectivity index (χ3v) is 3.64. The number of Topliss-reactive ketones (excluding diaryl/α,β-unsaturated/α-hetero) is 1. The van der Waals surface area contributed by atoms with Crippen LogP contribution in [0.1, 0.15) is 45.9 Å². The van der Waals surface area contributed by atoms with Gasteiger partial charge in [0.25, 0.3) is 0 Å². The lowest BCUT2D eigenvalue weighted by Gasteiger charge is -2.05. The Bertz CT molecular complexity index is 865. The van der Waals surface area contributed by atoms with E-state index in [0.717, 1.165) is 5.52 Å². The van der Waals surface area contributed by atoms with Gasteiger partial charge < -0.3 is 9.26 Å². The van der Waals surface area contributed by atoms with E-state index < -0.39 is 5.97 Å². The number of fused-ring (bicyclic) bond motifs is 1. The number of hydrogen-bond donors (Lipinski definition) is 0. The molecule has 0 saturated heterocycles. The number of methoxy groups -OCH3 is 1. The van der Waals surface area contributed by atoms with Gasteiger partial charge in [0.05, 0.1) is 30.1 Å². The number of carbonyl (C=O) groups excluding carboxylic acids is 2. The second-order valence-corrected chi connectivity index (χ2v) is 5.22. The second-order valence-electron chi connectivity index (χ2n) is 5.22. The SMILES string of the molecule is COC(=O)c1cc([C@@H](C)CC(=O)c2cnn3ccccc23)no1. The highest BCUT2D eigenvalue weighted by atomic mass is 16.5. The first-order valence-electron chi connectivity index (χ1n) is 7.10. The van der Waals surface area contributed by atoms with E-state index in [4.69, 9.17) is 4.52 Å². The van der Waals surface area contributed by atoms with Gasteiger partial charge in [0.15, 0.2) is 5.78 Å². The molecule has 0 N–H and O–H groups in total. The Morgan fingerprint density at radius 3 is 3.00 bits per heavy atom. The number of carbonyl (C=O) groups is 2. The fourth-order valence-corrected chi connectivity index (χ4v) is 2.36. The minimum Gasteiger partial charge on any atom is -0.463 e. The van der Waals surface area contributed by atoms with Crippen LogP contribution in [0.5, 0.6) is 0 Å². The molecule has 0 fully saturated rings. The highest BCUT2D eigenvalue weighted by molar-refractivity contribution is 6.02. The second kappa shape index (κ2) is 6.04. The van der Waals surface area contributed by atoms with Crippen LogP contribution in [0.25, 0.3) is 5.52 Å². The molecule has 1 atom stereocenters. The van der Waals surface area contributed by atoms with Gasteiger partial charge in [0.1, 0.15) is 0 Å². The first kappa shape index (κ1) is 15.0. The van der Waals surface area contributed by atoms with Crippen molar-refractivity contribution in [3.05, 3.63) is 53.7 Å². The number of esters is 1. The first-order valence-corrected chi connectivity index (χ1v) is 7.10. The molecule has 3 rings (SSSR count). The van der Waals surface area contributed by atoms with Crippen LogP contribution in [-0.4, -0.2) is 33.6 Å². The van der Waals surface area contributed by atoms with Gasteiger partial charge in [-0.1, -0.05) is 18.1 Å². The summed E-state index contributed by atoms with van der Waals surface area (Å²) in [5.74, 6) is -0.799. The van der Waals surface area contributed by atoms with Gasteiger partial charge in [-0.15, -0.1) is 0 Å². The van der Waals surface area contributed by atoms with Crippen molar-refractivity contribution >= 4 is 17.3 Å². The Hall–Kier alpha value is -2.96. The molecule has 3 heterocycles. The van der Waals surface area contributed by atoms with E-state index in [1.54, 1.807) is 16.9 Å². The van der Waals surface area contributed by atoms with Crippen molar-refractivity contribution in [2.24, 2.45) is 0 Å². The quantitative estimate of drug-likeness (QED) is 0.531. The van der Waals surface area contributed by atoms with Gasteiger partial charge >= 0.3 is 5.97 Å². The summed E-state index contributed by atoms with van der Waals surface area (Å²) in [6, 6.07) is 7.05. The van der Waals surface area contributed by atoms with Crippen LogP contribution in [-0.2, 0) is 4.74 Å². The number of aromatic nitrogens is 3. The molecule has 0 saturated carbocycles. The molecule has 0 aromatic carbocycles. The minimum absolute atomic E-state index is 0.0257. The molecule has 23 heavy (non-hydrogen) atoms. The monoisotopic (exact) mass is 313 g/mol. The fraction of sp³-hybridized carbons (Fsp3) is 0.250. The van der Waals surface area contributed by atoms with Crippen molar-refractivity contribution in [2.45, 2.75) is 19.3 Å². The van der Waals surface area contributed by atoms with E-state index >= 15 is 0 Å². The molecule has 0 amide bonds. The van der Waals surface area contributed by atoms with Crippen LogP contribution in [0.3, 0.4) is 0 Å². The van der Waals surface area contributed by atoms with Gasteiger partial charge in [-0.2, -0.15) is 5.10 Å². The Labute approximate surface area is 131 Å². The largest absolute Gasteiger partial charge is 0.463 e. The summed E-state index contributed by atoms with van der Waals surface area (Å²) in [6.45, 7) is 1.85. The molecule has 7 nitrogen and oxygen atoms in total. The summed E-state index contributed by atoms with van der Waals surface area (Å²) < 4.78 is 11.2. The van der Waals surface area contributed by atoms with Crippen molar-refractivity contribution < 1.29 is 18.8 Å². The molecule has 118 valence electrons. The zero-order valence-corrected chi connectivity index (χ0v) is 12.7. The van der Waals surface area contributed by atoms with Crippen LogP contribution in [0.15, 0.2) is 41.2 Å². The maximum Gasteiger partial charge on any atom is 0.376 e. The van der Waals surface area contributed by atoms with Crippen LogP contribution < -0.4 is 0 Å². The fourth-order valence-electron chi connectivity index (χ4n) is 2.36. The highest BCUT2D eigenvalue weighted by Crippen LogP contribution is 2.23. The van der Waals surface area contributed by atoms with E-state index in [0.29, 0.717) is 11.3 Å². The molecule has 0 spiro atoms. The number of ether oxygens (including phenoxy) is 1. The maximum absolute atomic E-state index is 12.5. The number of ketones is 1. The Morgan fingerprint density at radius 2 is 2.22 bits per heavy atom. The lowest BCUT2D eigenvalue weighted by Crippen LogP contribution is -2.05. The maximum atomic E-state index is 12.5. The molecule has 3 aromatic rings. The van der Waals surface area contributed by atoms with Crippen molar-refractivity contribution in [2.75, 3.05) is 7.11 Å². The molecule has 0 bridgehead atoms. The average molecular weight is 313 g/mol. The van der Waals surface area contributed by atoms with E-state index in [1.165, 1.54) is 13.2 Å². The summed E-state index contributed by atoms with van der Waals surface area (Å²) in [4.78, 5) is 23.9. The smallest absolute Gasteiger partial charge is 0.376 e. The molecule has 0 aliphatic rings. The normalized spacial score (nSPS) is 12.3. The third-order valence-electron chi connectivity index (χ3n) is 3.64. The molecule has 0 unspecified atom stereocenters. The van der Waals surface area contributed by atoms with Crippen LogP contribution in [0, 0.1) is 0 Å². The molecule has 0 radical (unpaired) electrons. The molecular weight excluding hydrogens is 298 g/mol. The summed E-state index contributed by atoms with van der Waals surface area (Å²) in [6.07, 6.45) is 3.59. The number of rotatable bonds is 5. The lowest BCUT2D eigenvalue weighted by molar-refractivity contribution is 0.0554. The predicted molar refractivity (Wildman–Crippen MR) is 80.4 cm³/mol. The van der Waals surface area contributed by atoms with E-state index in [1.807, 2.05) is 25.1 Å². The summed E-state index contributed by atoms with van der Waals surface area (Å²) in [5.41, 5.74) is 1.87. The highest BCUT2D eigenvalue weighted by Gasteiger charge is 2.21. The number of pyridine rings is 1. The average Bonchev–Trinajstić information content (AvgIpc) is 3.21. The Kier molecular flexibility index (Phi) is 3.92. The summed E-state index contributed by atoms with van der Waals surface area (Å²) in [7, 11) is 1.27. The zero-order valence-electron chi connectivity index (χ0n) is 12.7. The zero-order chi connectivity index (χ0) is 16.4. The van der Waals surface area contributed by atoms with Crippen LogP contribution in [0.4, 0.5) is 0 Å².